The fourth-order valence-corrected chi connectivity index (χ4v) is 4.19. The predicted octanol–water partition coefficient (Wildman–Crippen LogP) is 1.71. The summed E-state index contributed by atoms with van der Waals surface area (Å²) in [6, 6.07) is 15.8. The van der Waals surface area contributed by atoms with Gasteiger partial charge in [-0.3, -0.25) is 4.79 Å². The van der Waals surface area contributed by atoms with E-state index in [0.717, 1.165) is 0 Å². The summed E-state index contributed by atoms with van der Waals surface area (Å²) in [4.78, 5) is 38.2. The number of alkyl carbamates (subject to hydrolysis) is 1. The summed E-state index contributed by atoms with van der Waals surface area (Å²) < 4.78 is 17.0. The van der Waals surface area contributed by atoms with Gasteiger partial charge < -0.3 is 40.2 Å². The van der Waals surface area contributed by atoms with Crippen LogP contribution >= 0.6 is 0 Å². The van der Waals surface area contributed by atoms with E-state index in [0.29, 0.717) is 11.1 Å². The molecule has 1 aliphatic rings. The summed E-state index contributed by atoms with van der Waals surface area (Å²) in [6.45, 7) is 5.38. The van der Waals surface area contributed by atoms with E-state index in [1.165, 1.54) is 13.0 Å². The van der Waals surface area contributed by atoms with Gasteiger partial charge in [0, 0.05) is 6.92 Å². The molecule has 0 aliphatic carbocycles. The average molecular weight is 557 g/mol. The SMILES string of the molecule is CC(=O)N[C@@H]1[C@@H](NC(=O)OC(C)(C)C)C=C(C(=O)OC(c2ccccc2)c2ccccc2)O[C@H]1C(O)C(O)CO. The molecule has 0 saturated heterocycles. The molecule has 5 N–H and O–H groups in total. The number of nitrogens with one attached hydrogen (secondary N) is 2. The highest BCUT2D eigenvalue weighted by atomic mass is 16.6. The van der Waals surface area contributed by atoms with Crippen LogP contribution in [0.1, 0.15) is 44.9 Å². The third-order valence-corrected chi connectivity index (χ3v) is 5.94. The minimum Gasteiger partial charge on any atom is -0.478 e. The smallest absolute Gasteiger partial charge is 0.408 e. The van der Waals surface area contributed by atoms with Crippen LogP contribution in [0.5, 0.6) is 0 Å². The summed E-state index contributed by atoms with van der Waals surface area (Å²) in [5.74, 6) is -1.84. The molecule has 11 heteroatoms. The van der Waals surface area contributed by atoms with E-state index < -0.39 is 66.7 Å². The normalized spacial score (nSPS) is 20.4. The van der Waals surface area contributed by atoms with Gasteiger partial charge in [0.15, 0.2) is 6.10 Å². The van der Waals surface area contributed by atoms with Crippen molar-refractivity contribution in [2.24, 2.45) is 0 Å². The summed E-state index contributed by atoms with van der Waals surface area (Å²) >= 11 is 0. The minimum absolute atomic E-state index is 0.381. The summed E-state index contributed by atoms with van der Waals surface area (Å²) in [6.07, 6.45) is -5.35. The van der Waals surface area contributed by atoms with Gasteiger partial charge in [0.1, 0.15) is 23.9 Å². The Morgan fingerprint density at radius 3 is 1.98 bits per heavy atom. The van der Waals surface area contributed by atoms with Crippen LogP contribution in [0.25, 0.3) is 0 Å². The number of hydrogen-bond acceptors (Lipinski definition) is 9. The molecule has 2 unspecified atom stereocenters. The number of carbonyl (C=O) groups excluding carboxylic acids is 3. The van der Waals surface area contributed by atoms with Crippen LogP contribution in [0, 0.1) is 0 Å². The molecule has 0 aromatic heterocycles. The second kappa shape index (κ2) is 13.4. The van der Waals surface area contributed by atoms with Crippen LogP contribution < -0.4 is 10.6 Å². The Bertz CT molecular complexity index is 1140. The number of aliphatic hydroxyl groups is 3. The molecule has 0 spiro atoms. The zero-order valence-corrected chi connectivity index (χ0v) is 22.8. The van der Waals surface area contributed by atoms with E-state index in [4.69, 9.17) is 14.2 Å². The first kappa shape index (κ1) is 30.6. The van der Waals surface area contributed by atoms with Gasteiger partial charge in [0.25, 0.3) is 0 Å². The molecule has 11 nitrogen and oxygen atoms in total. The van der Waals surface area contributed by atoms with Gasteiger partial charge >= 0.3 is 12.1 Å². The Morgan fingerprint density at radius 1 is 0.950 bits per heavy atom. The lowest BCUT2D eigenvalue weighted by atomic mass is 9.92. The molecule has 2 aromatic carbocycles. The molecule has 1 aliphatic heterocycles. The molecule has 2 amide bonds. The molecular weight excluding hydrogens is 520 g/mol. The zero-order valence-electron chi connectivity index (χ0n) is 22.8. The van der Waals surface area contributed by atoms with Crippen LogP contribution in [0.15, 0.2) is 72.5 Å². The summed E-state index contributed by atoms with van der Waals surface area (Å²) in [5, 5.41) is 35.6. The third kappa shape index (κ3) is 8.28. The number of benzene rings is 2. The fourth-order valence-electron chi connectivity index (χ4n) is 4.19. The Hall–Kier alpha value is -3.93. The highest BCUT2D eigenvalue weighted by Gasteiger charge is 2.45. The monoisotopic (exact) mass is 556 g/mol. The topological polar surface area (TPSA) is 164 Å². The molecule has 40 heavy (non-hydrogen) atoms. The molecule has 2 aromatic rings. The number of aliphatic hydroxyl groups excluding tert-OH is 3. The van der Waals surface area contributed by atoms with E-state index in [1.54, 1.807) is 69.3 Å². The zero-order chi connectivity index (χ0) is 29.4. The first-order valence-electron chi connectivity index (χ1n) is 12.8. The largest absolute Gasteiger partial charge is 0.478 e. The van der Waals surface area contributed by atoms with E-state index in [2.05, 4.69) is 10.6 Å². The number of esters is 1. The molecule has 5 atom stereocenters. The molecular formula is C29H36N2O9. The van der Waals surface area contributed by atoms with Crippen LogP contribution in [-0.2, 0) is 23.8 Å². The Morgan fingerprint density at radius 2 is 1.50 bits per heavy atom. The first-order valence-corrected chi connectivity index (χ1v) is 12.8. The van der Waals surface area contributed by atoms with Crippen molar-refractivity contribution >= 4 is 18.0 Å². The van der Waals surface area contributed by atoms with Crippen molar-refractivity contribution < 1.29 is 43.9 Å². The highest BCUT2D eigenvalue weighted by molar-refractivity contribution is 5.87. The Kier molecular flexibility index (Phi) is 10.3. The van der Waals surface area contributed by atoms with Gasteiger partial charge in [-0.1, -0.05) is 60.7 Å². The van der Waals surface area contributed by atoms with Crippen LogP contribution in [0.4, 0.5) is 4.79 Å². The van der Waals surface area contributed by atoms with Crippen molar-refractivity contribution in [2.45, 2.75) is 69.8 Å². The second-order valence-electron chi connectivity index (χ2n) is 10.4. The van der Waals surface area contributed by atoms with Gasteiger partial charge in [-0.05, 0) is 38.0 Å². The molecule has 0 bridgehead atoms. The van der Waals surface area contributed by atoms with Gasteiger partial charge in [-0.15, -0.1) is 0 Å². The Labute approximate surface area is 232 Å². The standard InChI is InChI=1S/C29H36N2O9/c1-17(33)30-23-20(31-28(37)40-29(2,3)4)15-22(38-26(23)24(35)21(34)16-32)27(36)39-25(18-11-7-5-8-12-18)19-13-9-6-10-14-19/h5-15,20-21,23-26,32,34-35H,16H2,1-4H3,(H,30,33)(H,31,37)/t20-,21?,23+,24?,26+/m0/s1. The van der Waals surface area contributed by atoms with Crippen LogP contribution in [-0.4, -0.2) is 75.9 Å². The van der Waals surface area contributed by atoms with Crippen molar-refractivity contribution in [1.29, 1.82) is 0 Å². The van der Waals surface area contributed by atoms with Crippen molar-refractivity contribution in [2.75, 3.05) is 6.61 Å². The van der Waals surface area contributed by atoms with Crippen LogP contribution in [0.3, 0.4) is 0 Å². The minimum atomic E-state index is -1.76. The quantitative estimate of drug-likeness (QED) is 0.289. The second-order valence-corrected chi connectivity index (χ2v) is 10.4. The van der Waals surface area contributed by atoms with Crippen LogP contribution in [0.2, 0.25) is 0 Å². The maximum absolute atomic E-state index is 13.5. The molecule has 3 rings (SSSR count). The molecule has 0 fully saturated rings. The van der Waals surface area contributed by atoms with E-state index in [-0.39, 0.29) is 5.76 Å². The van der Waals surface area contributed by atoms with Crippen molar-refractivity contribution in [3.05, 3.63) is 83.6 Å². The first-order chi connectivity index (χ1) is 18.9. The Balaban J connectivity index is 2.00. The maximum Gasteiger partial charge on any atom is 0.408 e. The fraction of sp³-hybridized carbons (Fsp3) is 0.414. The number of hydrogen-bond donors (Lipinski definition) is 5. The number of amides is 2. The van der Waals surface area contributed by atoms with Gasteiger partial charge in [-0.25, -0.2) is 9.59 Å². The third-order valence-electron chi connectivity index (χ3n) is 5.94. The summed E-state index contributed by atoms with van der Waals surface area (Å²) in [7, 11) is 0. The summed E-state index contributed by atoms with van der Waals surface area (Å²) in [5.41, 5.74) is 0.519. The molecule has 0 saturated carbocycles. The number of ether oxygens (including phenoxy) is 3. The maximum atomic E-state index is 13.5. The number of rotatable bonds is 9. The van der Waals surface area contributed by atoms with E-state index >= 15 is 0 Å². The van der Waals surface area contributed by atoms with Crippen molar-refractivity contribution in [1.82, 2.24) is 10.6 Å². The van der Waals surface area contributed by atoms with Gasteiger partial charge in [0.05, 0.1) is 18.7 Å². The van der Waals surface area contributed by atoms with Gasteiger partial charge in [-0.2, -0.15) is 0 Å². The molecule has 0 radical (unpaired) electrons. The lowest BCUT2D eigenvalue weighted by molar-refractivity contribution is -0.155. The lowest BCUT2D eigenvalue weighted by Gasteiger charge is -2.40. The van der Waals surface area contributed by atoms with Gasteiger partial charge in [0.2, 0.25) is 11.7 Å². The van der Waals surface area contributed by atoms with Crippen molar-refractivity contribution in [3.8, 4) is 0 Å². The highest BCUT2D eigenvalue weighted by Crippen LogP contribution is 2.30. The molecule has 216 valence electrons. The van der Waals surface area contributed by atoms with E-state index in [1.807, 2.05) is 12.1 Å². The van der Waals surface area contributed by atoms with Crippen molar-refractivity contribution in [3.63, 3.8) is 0 Å². The number of carbonyl (C=O) groups is 3. The van der Waals surface area contributed by atoms with E-state index in [9.17, 15) is 29.7 Å². The average Bonchev–Trinajstić information content (AvgIpc) is 2.91. The molecule has 1 heterocycles. The lowest BCUT2D eigenvalue weighted by Crippen LogP contribution is -2.63. The predicted molar refractivity (Wildman–Crippen MR) is 144 cm³/mol.